The highest BCUT2D eigenvalue weighted by Gasteiger charge is 2.27. The normalized spacial score (nSPS) is 16.2. The van der Waals surface area contributed by atoms with Crippen molar-refractivity contribution < 1.29 is 9.59 Å². The maximum absolute atomic E-state index is 12.3. The number of carbonyl (C=O) groups is 2. The lowest BCUT2D eigenvalue weighted by Crippen LogP contribution is -2.19. The SMILES string of the molecule is C[C@@H]1CCc2c(sc(NC(=O)CCSc3ccc(Cl)cc3)c2C(N)=O)C1. The van der Waals surface area contributed by atoms with Gasteiger partial charge in [-0.2, -0.15) is 0 Å². The molecule has 26 heavy (non-hydrogen) atoms. The Bertz CT molecular complexity index is 818. The van der Waals surface area contributed by atoms with Crippen LogP contribution in [0, 0.1) is 5.92 Å². The van der Waals surface area contributed by atoms with Gasteiger partial charge in [0, 0.05) is 27.0 Å². The number of carbonyl (C=O) groups excluding carboxylic acids is 2. The number of primary amides is 1. The van der Waals surface area contributed by atoms with Gasteiger partial charge in [0.2, 0.25) is 5.91 Å². The maximum atomic E-state index is 12.3. The zero-order valence-electron chi connectivity index (χ0n) is 14.5. The van der Waals surface area contributed by atoms with E-state index in [4.69, 9.17) is 17.3 Å². The Labute approximate surface area is 166 Å². The van der Waals surface area contributed by atoms with Crippen molar-refractivity contribution in [1.29, 1.82) is 0 Å². The van der Waals surface area contributed by atoms with Crippen molar-refractivity contribution >= 4 is 51.5 Å². The molecule has 0 spiro atoms. The van der Waals surface area contributed by atoms with Crippen LogP contribution in [0.15, 0.2) is 29.2 Å². The van der Waals surface area contributed by atoms with E-state index in [0.717, 1.165) is 29.7 Å². The smallest absolute Gasteiger partial charge is 0.251 e. The zero-order valence-corrected chi connectivity index (χ0v) is 16.9. The number of hydrogen-bond donors (Lipinski definition) is 2. The van der Waals surface area contributed by atoms with Gasteiger partial charge in [0.05, 0.1) is 5.56 Å². The number of hydrogen-bond acceptors (Lipinski definition) is 4. The molecule has 3 rings (SSSR count). The zero-order chi connectivity index (χ0) is 18.7. The van der Waals surface area contributed by atoms with Gasteiger partial charge in [-0.1, -0.05) is 18.5 Å². The molecule has 0 aliphatic heterocycles. The molecule has 1 heterocycles. The molecule has 7 heteroatoms. The van der Waals surface area contributed by atoms with E-state index >= 15 is 0 Å². The van der Waals surface area contributed by atoms with Crippen LogP contribution in [0.3, 0.4) is 0 Å². The Morgan fingerprint density at radius 3 is 2.77 bits per heavy atom. The highest BCUT2D eigenvalue weighted by molar-refractivity contribution is 7.99. The van der Waals surface area contributed by atoms with Gasteiger partial charge in [-0.15, -0.1) is 23.1 Å². The van der Waals surface area contributed by atoms with E-state index in [-0.39, 0.29) is 5.91 Å². The molecule has 0 bridgehead atoms. The van der Waals surface area contributed by atoms with Crippen molar-refractivity contribution in [2.24, 2.45) is 11.7 Å². The van der Waals surface area contributed by atoms with Crippen LogP contribution >= 0.6 is 34.7 Å². The molecule has 2 amide bonds. The Hall–Kier alpha value is -1.50. The van der Waals surface area contributed by atoms with Gasteiger partial charge in [0.25, 0.3) is 5.91 Å². The summed E-state index contributed by atoms with van der Waals surface area (Å²) < 4.78 is 0. The van der Waals surface area contributed by atoms with Crippen molar-refractivity contribution in [2.45, 2.75) is 37.5 Å². The molecule has 0 saturated carbocycles. The van der Waals surface area contributed by atoms with E-state index in [2.05, 4.69) is 12.2 Å². The monoisotopic (exact) mass is 408 g/mol. The second-order valence-corrected chi connectivity index (χ2v) is 9.23. The van der Waals surface area contributed by atoms with Crippen LogP contribution in [0.2, 0.25) is 5.02 Å². The number of anilines is 1. The van der Waals surface area contributed by atoms with Crippen molar-refractivity contribution in [3.05, 3.63) is 45.3 Å². The highest BCUT2D eigenvalue weighted by atomic mass is 35.5. The second kappa shape index (κ2) is 8.46. The molecular weight excluding hydrogens is 388 g/mol. The van der Waals surface area contributed by atoms with E-state index in [9.17, 15) is 9.59 Å². The first-order valence-corrected chi connectivity index (χ1v) is 10.7. The summed E-state index contributed by atoms with van der Waals surface area (Å²) in [6.07, 6.45) is 3.22. The minimum atomic E-state index is -0.456. The largest absolute Gasteiger partial charge is 0.365 e. The lowest BCUT2D eigenvalue weighted by Gasteiger charge is -2.18. The molecule has 4 nitrogen and oxygen atoms in total. The predicted molar refractivity (Wildman–Crippen MR) is 109 cm³/mol. The van der Waals surface area contributed by atoms with E-state index in [1.807, 2.05) is 24.3 Å². The minimum absolute atomic E-state index is 0.0967. The molecule has 1 aromatic heterocycles. The highest BCUT2D eigenvalue weighted by Crippen LogP contribution is 2.39. The van der Waals surface area contributed by atoms with E-state index in [1.54, 1.807) is 11.8 Å². The molecule has 1 atom stereocenters. The Morgan fingerprint density at radius 2 is 2.08 bits per heavy atom. The quantitative estimate of drug-likeness (QED) is 0.677. The van der Waals surface area contributed by atoms with Crippen LogP contribution in [-0.2, 0) is 17.6 Å². The number of thiophene rings is 1. The van der Waals surface area contributed by atoms with Gasteiger partial charge in [0.15, 0.2) is 0 Å². The topological polar surface area (TPSA) is 72.2 Å². The molecule has 2 aromatic rings. The molecule has 0 saturated heterocycles. The van der Waals surface area contributed by atoms with E-state index in [1.165, 1.54) is 16.2 Å². The van der Waals surface area contributed by atoms with E-state index < -0.39 is 5.91 Å². The first-order chi connectivity index (χ1) is 12.4. The number of rotatable bonds is 6. The first-order valence-electron chi connectivity index (χ1n) is 8.56. The van der Waals surface area contributed by atoms with Crippen molar-refractivity contribution in [2.75, 3.05) is 11.1 Å². The molecule has 1 aromatic carbocycles. The summed E-state index contributed by atoms with van der Waals surface area (Å²) in [6.45, 7) is 2.21. The predicted octanol–water partition coefficient (Wildman–Crippen LogP) is 4.75. The third kappa shape index (κ3) is 4.61. The van der Waals surface area contributed by atoms with Crippen LogP contribution < -0.4 is 11.1 Å². The third-order valence-electron chi connectivity index (χ3n) is 4.42. The standard InChI is InChI=1S/C19H21ClN2O2S2/c1-11-2-7-14-15(10-11)26-19(17(14)18(21)24)22-16(23)8-9-25-13-5-3-12(20)4-6-13/h3-6,11H,2,7-10H2,1H3,(H2,21,24)(H,22,23)/t11-/m1/s1. The van der Waals surface area contributed by atoms with Gasteiger partial charge < -0.3 is 11.1 Å². The average molecular weight is 409 g/mol. The lowest BCUT2D eigenvalue weighted by molar-refractivity contribution is -0.115. The van der Waals surface area contributed by atoms with Crippen molar-refractivity contribution in [3.8, 4) is 0 Å². The molecule has 138 valence electrons. The number of thioether (sulfide) groups is 1. The van der Waals surface area contributed by atoms with Crippen LogP contribution in [0.25, 0.3) is 0 Å². The summed E-state index contributed by atoms with van der Waals surface area (Å²) in [5, 5.41) is 4.21. The van der Waals surface area contributed by atoms with Gasteiger partial charge in [-0.25, -0.2) is 0 Å². The number of benzene rings is 1. The van der Waals surface area contributed by atoms with Crippen LogP contribution in [0.4, 0.5) is 5.00 Å². The Kier molecular flexibility index (Phi) is 6.27. The van der Waals surface area contributed by atoms with Crippen molar-refractivity contribution in [3.63, 3.8) is 0 Å². The molecular formula is C19H21ClN2O2S2. The number of nitrogens with one attached hydrogen (secondary N) is 1. The Morgan fingerprint density at radius 1 is 1.35 bits per heavy atom. The van der Waals surface area contributed by atoms with Crippen LogP contribution in [-0.4, -0.2) is 17.6 Å². The van der Waals surface area contributed by atoms with Gasteiger partial charge in [-0.3, -0.25) is 9.59 Å². The fourth-order valence-corrected chi connectivity index (χ4v) is 5.49. The number of halogens is 1. The summed E-state index contributed by atoms with van der Waals surface area (Å²) in [7, 11) is 0. The third-order valence-corrected chi connectivity index (χ3v) is 6.86. The summed E-state index contributed by atoms with van der Waals surface area (Å²) in [4.78, 5) is 26.5. The fourth-order valence-electron chi connectivity index (χ4n) is 3.08. The molecule has 1 aliphatic rings. The summed E-state index contributed by atoms with van der Waals surface area (Å²) in [5.41, 5.74) is 7.13. The lowest BCUT2D eigenvalue weighted by atomic mass is 9.88. The van der Waals surface area contributed by atoms with Crippen molar-refractivity contribution in [1.82, 2.24) is 0 Å². The van der Waals surface area contributed by atoms with E-state index in [0.29, 0.717) is 33.7 Å². The molecule has 1 aliphatic carbocycles. The molecule has 0 fully saturated rings. The summed E-state index contributed by atoms with van der Waals surface area (Å²) in [5.74, 6) is 0.700. The summed E-state index contributed by atoms with van der Waals surface area (Å²) in [6, 6.07) is 7.54. The van der Waals surface area contributed by atoms with Gasteiger partial charge in [0.1, 0.15) is 5.00 Å². The van der Waals surface area contributed by atoms with Crippen LogP contribution in [0.1, 0.15) is 40.6 Å². The first kappa shape index (κ1) is 19.3. The van der Waals surface area contributed by atoms with Gasteiger partial charge in [-0.05, 0) is 55.0 Å². The number of nitrogens with two attached hydrogens (primary N) is 1. The number of amides is 2. The average Bonchev–Trinajstić information content (AvgIpc) is 2.93. The van der Waals surface area contributed by atoms with Gasteiger partial charge >= 0.3 is 0 Å². The minimum Gasteiger partial charge on any atom is -0.365 e. The Balaban J connectivity index is 1.62. The van der Waals surface area contributed by atoms with Crippen LogP contribution in [0.5, 0.6) is 0 Å². The second-order valence-electron chi connectivity index (χ2n) is 6.52. The fraction of sp³-hybridized carbons (Fsp3) is 0.368. The maximum Gasteiger partial charge on any atom is 0.251 e. The molecule has 0 unspecified atom stereocenters. The number of fused-ring (bicyclic) bond motifs is 1. The summed E-state index contributed by atoms with van der Waals surface area (Å²) >= 11 is 8.97. The molecule has 0 radical (unpaired) electrons. The molecule has 3 N–H and O–H groups in total.